The number of allylic oxidation sites excluding steroid dienone is 1. The van der Waals surface area contributed by atoms with E-state index in [1.54, 1.807) is 51.1 Å². The Morgan fingerprint density at radius 1 is 0.603 bits per heavy atom. The van der Waals surface area contributed by atoms with Crippen LogP contribution >= 0.6 is 0 Å². The molecule has 21 heteroatoms. The number of hydrogen-bond acceptors (Lipinski definition) is 15. The molecule has 3 N–H and O–H groups in total. The monoisotopic (exact) mass is 1000 g/mol. The van der Waals surface area contributed by atoms with Crippen LogP contribution in [0.2, 0.25) is 0 Å². The first kappa shape index (κ1) is 51.5. The molecule has 2 fully saturated rings. The number of aryl methyl sites for hydroxylation is 2. The van der Waals surface area contributed by atoms with E-state index in [0.29, 0.717) is 40.0 Å². The van der Waals surface area contributed by atoms with Gasteiger partial charge in [-0.1, -0.05) is 6.58 Å². The van der Waals surface area contributed by atoms with E-state index in [4.69, 9.17) is 14.6 Å². The second-order valence-electron chi connectivity index (χ2n) is 17.7. The summed E-state index contributed by atoms with van der Waals surface area (Å²) in [4.78, 5) is 34.5. The Morgan fingerprint density at radius 2 is 1.07 bits per heavy atom. The predicted molar refractivity (Wildman–Crippen MR) is 277 cm³/mol. The van der Waals surface area contributed by atoms with Gasteiger partial charge in [-0.15, -0.1) is 0 Å². The third kappa shape index (κ3) is 11.3. The van der Waals surface area contributed by atoms with Crippen molar-refractivity contribution < 1.29 is 32.1 Å². The molecule has 0 saturated carbocycles. The molecule has 6 aromatic heterocycles. The van der Waals surface area contributed by atoms with Crippen molar-refractivity contribution in [3.05, 3.63) is 126 Å². The lowest BCUT2D eigenvalue weighted by Gasteiger charge is -2.34. The number of methoxy groups -OCH3 is 2. The Labute approximate surface area is 420 Å². The van der Waals surface area contributed by atoms with Gasteiger partial charge in [0.05, 0.1) is 55.1 Å². The lowest BCUT2D eigenvalue weighted by molar-refractivity contribution is 0.312. The molecule has 17 nitrogen and oxygen atoms in total. The number of aliphatic hydroxyl groups is 1. The van der Waals surface area contributed by atoms with Gasteiger partial charge in [-0.3, -0.25) is 4.40 Å². The average molecular weight is 1000 g/mol. The molecule has 0 radical (unpaired) electrons. The number of piperazine rings is 2. The normalized spacial score (nSPS) is 14.1. The Morgan fingerprint density at radius 3 is 1.53 bits per heavy atom. The van der Waals surface area contributed by atoms with Crippen molar-refractivity contribution in [2.24, 2.45) is 0 Å². The number of fused-ring (bicyclic) bond motifs is 2. The maximum atomic E-state index is 15.0. The fraction of sp³-hybridized carbons (Fsp3) is 0.308. The first-order chi connectivity index (χ1) is 35.2. The molecule has 0 amide bonds. The second-order valence-corrected chi connectivity index (χ2v) is 17.7. The van der Waals surface area contributed by atoms with Gasteiger partial charge >= 0.3 is 0 Å². The van der Waals surface area contributed by atoms with Crippen LogP contribution in [0.25, 0.3) is 39.4 Å². The first-order valence-electron chi connectivity index (χ1n) is 23.4. The zero-order valence-electron chi connectivity index (χ0n) is 42.0. The number of rotatable bonds is 11. The highest BCUT2D eigenvalue weighted by Gasteiger charge is 2.22. The topological polar surface area (TPSA) is 162 Å². The molecule has 2 saturated heterocycles. The molecule has 8 heterocycles. The van der Waals surface area contributed by atoms with Gasteiger partial charge < -0.3 is 49.2 Å². The number of nitrogens with zero attached hydrogens (tertiary/aromatic N) is 12. The Hall–Kier alpha value is -7.88. The van der Waals surface area contributed by atoms with Crippen LogP contribution in [0.5, 0.6) is 11.5 Å². The largest absolute Gasteiger partial charge is 0.494 e. The van der Waals surface area contributed by atoms with Crippen LogP contribution in [-0.2, 0) is 0 Å². The second kappa shape index (κ2) is 22.3. The van der Waals surface area contributed by atoms with Crippen molar-refractivity contribution in [2.45, 2.75) is 20.8 Å². The number of aliphatic hydroxyl groups excluding tert-OH is 1. The molecule has 0 aliphatic carbocycles. The molecule has 2 aromatic carbocycles. The van der Waals surface area contributed by atoms with Crippen LogP contribution in [0.3, 0.4) is 0 Å². The third-order valence-electron chi connectivity index (χ3n) is 12.5. The summed E-state index contributed by atoms with van der Waals surface area (Å²) in [5.74, 6) is -0.908. The summed E-state index contributed by atoms with van der Waals surface area (Å²) >= 11 is 0. The maximum Gasteiger partial charge on any atom is 0.228 e. The molecule has 73 heavy (non-hydrogen) atoms. The summed E-state index contributed by atoms with van der Waals surface area (Å²) in [5.41, 5.74) is 6.91. The number of ether oxygens (including phenoxy) is 2. The van der Waals surface area contributed by atoms with Crippen LogP contribution in [0.15, 0.2) is 86.1 Å². The highest BCUT2D eigenvalue weighted by atomic mass is 19.1. The summed E-state index contributed by atoms with van der Waals surface area (Å²) in [7, 11) is 8.42. The van der Waals surface area contributed by atoms with E-state index in [1.807, 2.05) is 43.3 Å². The van der Waals surface area contributed by atoms with Crippen molar-refractivity contribution in [1.82, 2.24) is 48.5 Å². The molecule has 0 atom stereocenters. The summed E-state index contributed by atoms with van der Waals surface area (Å²) in [6.07, 6.45) is 7.02. The van der Waals surface area contributed by atoms with E-state index in [1.165, 1.54) is 16.5 Å². The van der Waals surface area contributed by atoms with E-state index >= 15 is 0 Å². The van der Waals surface area contributed by atoms with E-state index < -0.39 is 23.3 Å². The highest BCUT2D eigenvalue weighted by Crippen LogP contribution is 2.35. The van der Waals surface area contributed by atoms with E-state index in [2.05, 4.69) is 80.8 Å². The van der Waals surface area contributed by atoms with Gasteiger partial charge in [0.25, 0.3) is 0 Å². The number of aromatic nitrogens is 8. The molecule has 2 aliphatic rings. The number of imidazole rings is 2. The molecule has 0 unspecified atom stereocenters. The van der Waals surface area contributed by atoms with Crippen molar-refractivity contribution >= 4 is 51.5 Å². The van der Waals surface area contributed by atoms with E-state index in [9.17, 15) is 17.6 Å². The third-order valence-corrected chi connectivity index (χ3v) is 12.5. The Bertz CT molecular complexity index is 3280. The van der Waals surface area contributed by atoms with E-state index in [0.717, 1.165) is 88.8 Å². The fourth-order valence-electron chi connectivity index (χ4n) is 8.76. The quantitative estimate of drug-likeness (QED) is 0.106. The smallest absolute Gasteiger partial charge is 0.228 e. The summed E-state index contributed by atoms with van der Waals surface area (Å²) in [6.45, 7) is 17.1. The van der Waals surface area contributed by atoms with Crippen molar-refractivity contribution in [3.63, 3.8) is 0 Å². The summed E-state index contributed by atoms with van der Waals surface area (Å²) in [6, 6.07) is 14.2. The lowest BCUT2D eigenvalue weighted by atomic mass is 10.1. The lowest BCUT2D eigenvalue weighted by Crippen LogP contribution is -2.44. The molecular formula is C52H58F4N14O3. The van der Waals surface area contributed by atoms with Crippen LogP contribution in [0.4, 0.5) is 52.2 Å². The molecule has 10 rings (SSSR count). The van der Waals surface area contributed by atoms with E-state index in [-0.39, 0.29) is 45.7 Å². The average Bonchev–Trinajstić information content (AvgIpc) is 3.95. The number of halogens is 4. The Kier molecular flexibility index (Phi) is 15.7. The first-order valence-corrected chi connectivity index (χ1v) is 23.4. The van der Waals surface area contributed by atoms with Crippen molar-refractivity contribution in [3.8, 4) is 34.0 Å². The van der Waals surface area contributed by atoms with Crippen LogP contribution in [0.1, 0.15) is 24.0 Å². The van der Waals surface area contributed by atoms with Crippen LogP contribution < -0.4 is 29.9 Å². The molecular weight excluding hydrogens is 945 g/mol. The Balaban J connectivity index is 0.000000189. The van der Waals surface area contributed by atoms with Gasteiger partial charge in [0.15, 0.2) is 34.6 Å². The van der Waals surface area contributed by atoms with Crippen molar-refractivity contribution in [1.29, 1.82) is 0 Å². The molecule has 0 spiro atoms. The van der Waals surface area contributed by atoms with Gasteiger partial charge in [0.1, 0.15) is 22.9 Å². The van der Waals surface area contributed by atoms with Crippen LogP contribution in [-0.4, -0.2) is 141 Å². The number of hydrogen-bond donors (Lipinski definition) is 3. The van der Waals surface area contributed by atoms with Crippen molar-refractivity contribution in [2.75, 3.05) is 108 Å². The van der Waals surface area contributed by atoms with Gasteiger partial charge in [0, 0.05) is 113 Å². The number of pyridine rings is 2. The molecule has 2 aliphatic heterocycles. The zero-order valence-corrected chi connectivity index (χ0v) is 42.0. The summed E-state index contributed by atoms with van der Waals surface area (Å²) in [5, 5.41) is 13.2. The summed E-state index contributed by atoms with van der Waals surface area (Å²) < 4.78 is 73.3. The number of benzene rings is 2. The number of likely N-dealkylation sites (N-methyl/N-ethyl adjacent to an activating group) is 2. The zero-order chi connectivity index (χ0) is 52.1. The molecule has 382 valence electrons. The SMILES string of the molecule is C=C(C)c1c(C)nc2c(F)cc(-c3nc(Nc4ccc(N5CCN(C)CC5)cc4OC)ncc3F)cn12.CO.COc1cc(N2CCN(C)CC2)ccc1Nc1ncc(F)c(-c2cc(F)c3nc(C)cn3c2)n1. The minimum atomic E-state index is -0.671. The maximum absolute atomic E-state index is 15.0. The van der Waals surface area contributed by atoms with Gasteiger partial charge in [-0.05, 0) is 76.8 Å². The number of nitrogens with one attached hydrogen (secondary N) is 2. The van der Waals surface area contributed by atoms with Crippen LogP contribution in [0, 0.1) is 37.1 Å². The fourth-order valence-corrected chi connectivity index (χ4v) is 8.76. The molecule has 8 aromatic rings. The van der Waals surface area contributed by atoms with Gasteiger partial charge in [-0.2, -0.15) is 0 Å². The highest BCUT2D eigenvalue weighted by molar-refractivity contribution is 5.73. The minimum Gasteiger partial charge on any atom is -0.494 e. The number of anilines is 6. The molecule has 0 bridgehead atoms. The minimum absolute atomic E-state index is 0.0160. The predicted octanol–water partition coefficient (Wildman–Crippen LogP) is 8.41. The van der Waals surface area contributed by atoms with Gasteiger partial charge in [-0.25, -0.2) is 47.5 Å². The standard InChI is InChI=1S/C27H29F2N7O.C24H25F2N7O.CH4O/c1-16(2)25-17(3)31-26-20(28)12-18(15-36(25)26)24-21(29)14-30-27(33-24)32-22-7-6-19(13-23(22)37-5)35-10-8-34(4)9-11-35;1-15-13-33-14-16(10-18(25)23(33)28-15)22-19(26)12-27-24(30-22)29-20-5-4-17(11-21(20)34-3)32-8-6-31(2)7-9-32;1-2/h6-7,12-15H,1,8-11H2,2-5H3,(H,30,32,33);4-5,10-14H,6-9H2,1-3H3,(H,27,29,30);2H,1H3. The van der Waals surface area contributed by atoms with Gasteiger partial charge in [0.2, 0.25) is 11.9 Å².